The smallest absolute Gasteiger partial charge is 0.255 e. The Hall–Kier alpha value is -1.33. The third-order valence-electron chi connectivity index (χ3n) is 1.71. The number of furan rings is 2. The largest absolute Gasteiger partial charge is 0.472 e. The van der Waals surface area contributed by atoms with Gasteiger partial charge in [0, 0.05) is 0 Å². The van der Waals surface area contributed by atoms with E-state index < -0.39 is 5.24 Å². The van der Waals surface area contributed by atoms with E-state index in [0.29, 0.717) is 16.5 Å². The summed E-state index contributed by atoms with van der Waals surface area (Å²) in [6.45, 7) is 0. The highest BCUT2D eigenvalue weighted by Gasteiger charge is 2.02. The van der Waals surface area contributed by atoms with E-state index in [9.17, 15) is 9.59 Å². The van der Waals surface area contributed by atoms with Crippen molar-refractivity contribution in [2.45, 2.75) is 0 Å². The molecule has 0 N–H and O–H groups in total. The lowest BCUT2D eigenvalue weighted by molar-refractivity contribution is 0.102. The highest BCUT2D eigenvalue weighted by Crippen LogP contribution is 2.03. The molecule has 0 aliphatic rings. The average molecular weight is 320 g/mol. The molecule has 2 heterocycles. The predicted octanol–water partition coefficient (Wildman–Crippen LogP) is 3.52. The molecular formula is C11H8BrClO4. The summed E-state index contributed by atoms with van der Waals surface area (Å²) in [7, 11) is 0. The number of rotatable bonds is 3. The predicted molar refractivity (Wildman–Crippen MR) is 65.7 cm³/mol. The first kappa shape index (κ1) is 13.7. The van der Waals surface area contributed by atoms with Gasteiger partial charge in [0.25, 0.3) is 5.24 Å². The van der Waals surface area contributed by atoms with Crippen LogP contribution in [0.15, 0.2) is 46.0 Å². The van der Waals surface area contributed by atoms with Crippen LogP contribution < -0.4 is 0 Å². The number of Topliss-reactive ketones (excluding diaryl/α,β-unsaturated/α-hetero) is 1. The molecule has 0 aromatic carbocycles. The van der Waals surface area contributed by atoms with Crippen molar-refractivity contribution >= 4 is 38.6 Å². The molecule has 4 nitrogen and oxygen atoms in total. The Bertz CT molecular complexity index is 462. The summed E-state index contributed by atoms with van der Waals surface area (Å²) in [5, 5.41) is -0.134. The number of ketones is 1. The Labute approximate surface area is 111 Å². The SMILES string of the molecule is O=C(CBr)c1ccoc1.O=C(Cl)c1ccoc1. The van der Waals surface area contributed by atoms with E-state index in [1.807, 2.05) is 0 Å². The van der Waals surface area contributed by atoms with Crippen molar-refractivity contribution in [1.29, 1.82) is 0 Å². The Morgan fingerprint density at radius 3 is 1.94 bits per heavy atom. The number of hydrogen-bond acceptors (Lipinski definition) is 4. The number of alkyl halides is 1. The van der Waals surface area contributed by atoms with Crippen LogP contribution in [-0.4, -0.2) is 16.4 Å². The van der Waals surface area contributed by atoms with Gasteiger partial charge < -0.3 is 8.83 Å². The fraction of sp³-hybridized carbons (Fsp3) is 0.0909. The van der Waals surface area contributed by atoms with Crippen molar-refractivity contribution in [2.24, 2.45) is 0 Å². The van der Waals surface area contributed by atoms with Gasteiger partial charge in [-0.1, -0.05) is 15.9 Å². The van der Waals surface area contributed by atoms with Gasteiger partial charge in [-0.3, -0.25) is 9.59 Å². The summed E-state index contributed by atoms with van der Waals surface area (Å²) in [4.78, 5) is 21.0. The van der Waals surface area contributed by atoms with Crippen molar-refractivity contribution in [3.63, 3.8) is 0 Å². The molecule has 0 unspecified atom stereocenters. The lowest BCUT2D eigenvalue weighted by atomic mass is 10.2. The summed E-state index contributed by atoms with van der Waals surface area (Å²) >= 11 is 8.09. The van der Waals surface area contributed by atoms with Crippen LogP contribution in [-0.2, 0) is 0 Å². The molecule has 2 aromatic heterocycles. The molecule has 2 aromatic rings. The van der Waals surface area contributed by atoms with Crippen LogP contribution in [0.1, 0.15) is 20.7 Å². The molecule has 6 heteroatoms. The van der Waals surface area contributed by atoms with Crippen LogP contribution in [0.3, 0.4) is 0 Å². The van der Waals surface area contributed by atoms with Crippen molar-refractivity contribution < 1.29 is 18.4 Å². The van der Waals surface area contributed by atoms with Gasteiger partial charge in [-0.05, 0) is 23.7 Å². The maximum Gasteiger partial charge on any atom is 0.255 e. The average Bonchev–Trinajstić information content (AvgIpc) is 3.01. The van der Waals surface area contributed by atoms with Gasteiger partial charge in [0.15, 0.2) is 5.78 Å². The zero-order valence-corrected chi connectivity index (χ0v) is 10.9. The Morgan fingerprint density at radius 1 is 1.12 bits per heavy atom. The molecule has 0 saturated carbocycles. The standard InChI is InChI=1S/C6H5BrO2.C5H3ClO2/c7-3-6(8)5-1-2-9-4-5;6-5(7)4-1-2-8-3-4/h1-2,4H,3H2;1-3H. The summed E-state index contributed by atoms with van der Waals surface area (Å²) < 4.78 is 9.27. The Kier molecular flexibility index (Phi) is 5.72. The molecule has 2 rings (SSSR count). The normalized spacial score (nSPS) is 9.29. The summed E-state index contributed by atoms with van der Waals surface area (Å²) in [5.41, 5.74) is 1.01. The van der Waals surface area contributed by atoms with Crippen molar-refractivity contribution in [2.75, 3.05) is 5.33 Å². The van der Waals surface area contributed by atoms with E-state index in [2.05, 4.69) is 20.3 Å². The molecule has 0 fully saturated rings. The van der Waals surface area contributed by atoms with Crippen molar-refractivity contribution in [3.05, 3.63) is 48.3 Å². The number of carbonyl (C=O) groups excluding carboxylic acids is 2. The molecule has 0 aliphatic carbocycles. The Morgan fingerprint density at radius 2 is 1.65 bits per heavy atom. The van der Waals surface area contributed by atoms with Gasteiger partial charge >= 0.3 is 0 Å². The molecule has 0 atom stereocenters. The van der Waals surface area contributed by atoms with E-state index in [4.69, 9.17) is 16.0 Å². The quantitative estimate of drug-likeness (QED) is 0.493. The number of hydrogen-bond donors (Lipinski definition) is 0. The van der Waals surface area contributed by atoms with Gasteiger partial charge in [-0.25, -0.2) is 0 Å². The molecule has 0 amide bonds. The van der Waals surface area contributed by atoms with E-state index in [1.165, 1.54) is 31.1 Å². The zero-order chi connectivity index (χ0) is 12.7. The first-order chi connectivity index (χ1) is 8.15. The fourth-order valence-corrected chi connectivity index (χ4v) is 1.31. The minimum Gasteiger partial charge on any atom is -0.472 e. The molecule has 17 heavy (non-hydrogen) atoms. The van der Waals surface area contributed by atoms with E-state index >= 15 is 0 Å². The van der Waals surface area contributed by atoms with Gasteiger partial charge in [0.1, 0.15) is 12.5 Å². The number of carbonyl (C=O) groups is 2. The fourth-order valence-electron chi connectivity index (χ4n) is 0.877. The minimum atomic E-state index is -0.487. The van der Waals surface area contributed by atoms with Crippen LogP contribution >= 0.6 is 27.5 Å². The molecule has 0 aliphatic heterocycles. The van der Waals surface area contributed by atoms with Crippen LogP contribution in [0.2, 0.25) is 0 Å². The maximum absolute atomic E-state index is 10.8. The second-order valence-electron chi connectivity index (χ2n) is 2.85. The van der Waals surface area contributed by atoms with Gasteiger partial charge in [0.05, 0.1) is 29.0 Å². The van der Waals surface area contributed by atoms with Crippen LogP contribution in [0.25, 0.3) is 0 Å². The lowest BCUT2D eigenvalue weighted by Crippen LogP contribution is -1.96. The summed E-state index contributed by atoms with van der Waals surface area (Å²) in [6.07, 6.45) is 5.62. The summed E-state index contributed by atoms with van der Waals surface area (Å²) in [5.74, 6) is 0.0451. The molecule has 0 radical (unpaired) electrons. The summed E-state index contributed by atoms with van der Waals surface area (Å²) in [6, 6.07) is 3.15. The zero-order valence-electron chi connectivity index (χ0n) is 8.56. The van der Waals surface area contributed by atoms with E-state index in [1.54, 1.807) is 6.07 Å². The topological polar surface area (TPSA) is 60.4 Å². The highest BCUT2D eigenvalue weighted by molar-refractivity contribution is 9.09. The van der Waals surface area contributed by atoms with Crippen molar-refractivity contribution in [1.82, 2.24) is 0 Å². The van der Waals surface area contributed by atoms with Crippen LogP contribution in [0, 0.1) is 0 Å². The third kappa shape index (κ3) is 4.58. The van der Waals surface area contributed by atoms with Gasteiger partial charge in [-0.15, -0.1) is 0 Å². The van der Waals surface area contributed by atoms with Crippen LogP contribution in [0.4, 0.5) is 0 Å². The second kappa shape index (κ2) is 7.09. The van der Waals surface area contributed by atoms with E-state index in [-0.39, 0.29) is 5.78 Å². The maximum atomic E-state index is 10.8. The molecular weight excluding hydrogens is 311 g/mol. The van der Waals surface area contributed by atoms with Gasteiger partial charge in [-0.2, -0.15) is 0 Å². The lowest BCUT2D eigenvalue weighted by Gasteiger charge is -1.84. The molecule has 0 bridgehead atoms. The number of halogens is 2. The molecule has 90 valence electrons. The minimum absolute atomic E-state index is 0.0451. The first-order valence-electron chi connectivity index (χ1n) is 4.48. The van der Waals surface area contributed by atoms with E-state index in [0.717, 1.165) is 0 Å². The first-order valence-corrected chi connectivity index (χ1v) is 5.98. The Balaban J connectivity index is 0.000000171. The van der Waals surface area contributed by atoms with Crippen molar-refractivity contribution in [3.8, 4) is 0 Å². The van der Waals surface area contributed by atoms with Gasteiger partial charge in [0.2, 0.25) is 0 Å². The highest BCUT2D eigenvalue weighted by atomic mass is 79.9. The second-order valence-corrected chi connectivity index (χ2v) is 3.76. The monoisotopic (exact) mass is 318 g/mol. The third-order valence-corrected chi connectivity index (χ3v) is 2.44. The molecule has 0 spiro atoms. The molecule has 0 saturated heterocycles. The van der Waals surface area contributed by atoms with Crippen LogP contribution in [0.5, 0.6) is 0 Å².